The van der Waals surface area contributed by atoms with E-state index in [0.717, 1.165) is 9.79 Å². The number of hydrogen-bond acceptors (Lipinski definition) is 5. The average Bonchev–Trinajstić information content (AvgIpc) is 3.21. The molecule has 0 fully saturated rings. The van der Waals surface area contributed by atoms with Crippen LogP contribution >= 0.6 is 11.8 Å². The fraction of sp³-hybridized carbons (Fsp3) is 0.143. The minimum Gasteiger partial charge on any atom is -0.469 e. The molecule has 1 aromatic heterocycles. The molecule has 3 aromatic rings. The molecule has 0 saturated heterocycles. The van der Waals surface area contributed by atoms with Crippen molar-refractivity contribution in [3.63, 3.8) is 0 Å². The minimum atomic E-state index is -0.437. The maximum absolute atomic E-state index is 12.1. The summed E-state index contributed by atoms with van der Waals surface area (Å²) in [5.74, 6) is -0.0979. The van der Waals surface area contributed by atoms with Crippen molar-refractivity contribution >= 4 is 29.3 Å². The van der Waals surface area contributed by atoms with Gasteiger partial charge in [0.15, 0.2) is 6.61 Å². The summed E-state index contributed by atoms with van der Waals surface area (Å²) in [6.07, 6.45) is 2.17. The van der Waals surface area contributed by atoms with Crippen LogP contribution in [0.4, 0.5) is 5.69 Å². The van der Waals surface area contributed by atoms with E-state index in [1.165, 1.54) is 0 Å². The quantitative estimate of drug-likeness (QED) is 0.580. The molecule has 0 saturated carbocycles. The third-order valence-corrected chi connectivity index (χ3v) is 4.74. The van der Waals surface area contributed by atoms with Crippen molar-refractivity contribution in [2.24, 2.45) is 0 Å². The number of carbonyl (C=O) groups is 2. The van der Waals surface area contributed by atoms with E-state index < -0.39 is 5.97 Å². The molecule has 0 bridgehead atoms. The SMILES string of the molecule is O=C(COC(=O)CCc1ccco1)Nc1ccccc1Sc1ccccc1. The summed E-state index contributed by atoms with van der Waals surface area (Å²) in [7, 11) is 0. The van der Waals surface area contributed by atoms with Gasteiger partial charge in [0.25, 0.3) is 5.91 Å². The molecule has 0 aliphatic rings. The highest BCUT2D eigenvalue weighted by Crippen LogP contribution is 2.33. The minimum absolute atomic E-state index is 0.168. The van der Waals surface area contributed by atoms with Gasteiger partial charge in [-0.05, 0) is 36.4 Å². The molecule has 0 aliphatic heterocycles. The molecular weight excluding hydrogens is 362 g/mol. The molecule has 6 heteroatoms. The molecule has 27 heavy (non-hydrogen) atoms. The van der Waals surface area contributed by atoms with Crippen LogP contribution in [0.2, 0.25) is 0 Å². The molecule has 0 unspecified atom stereocenters. The Hall–Kier alpha value is -2.99. The second-order valence-electron chi connectivity index (χ2n) is 5.70. The van der Waals surface area contributed by atoms with E-state index in [-0.39, 0.29) is 18.9 Å². The number of rotatable bonds is 8. The van der Waals surface area contributed by atoms with Crippen molar-refractivity contribution in [3.8, 4) is 0 Å². The molecule has 138 valence electrons. The Balaban J connectivity index is 1.49. The fourth-order valence-electron chi connectivity index (χ4n) is 2.36. The molecular formula is C21H19NO4S. The van der Waals surface area contributed by atoms with Crippen LogP contribution in [-0.2, 0) is 20.7 Å². The first-order chi connectivity index (χ1) is 13.2. The number of nitrogens with one attached hydrogen (secondary N) is 1. The van der Waals surface area contributed by atoms with Gasteiger partial charge in [-0.2, -0.15) is 0 Å². The van der Waals surface area contributed by atoms with Gasteiger partial charge in [-0.1, -0.05) is 42.1 Å². The smallest absolute Gasteiger partial charge is 0.306 e. The van der Waals surface area contributed by atoms with Crippen LogP contribution in [-0.4, -0.2) is 18.5 Å². The normalized spacial score (nSPS) is 10.4. The lowest BCUT2D eigenvalue weighted by Crippen LogP contribution is -2.21. The lowest BCUT2D eigenvalue weighted by atomic mass is 10.2. The molecule has 0 radical (unpaired) electrons. The van der Waals surface area contributed by atoms with Gasteiger partial charge in [0.1, 0.15) is 5.76 Å². The summed E-state index contributed by atoms with van der Waals surface area (Å²) in [6.45, 7) is -0.318. The second kappa shape index (κ2) is 9.64. The van der Waals surface area contributed by atoms with Gasteiger partial charge in [-0.15, -0.1) is 0 Å². The van der Waals surface area contributed by atoms with Crippen molar-refractivity contribution in [3.05, 3.63) is 78.8 Å². The van der Waals surface area contributed by atoms with Gasteiger partial charge in [-0.25, -0.2) is 0 Å². The van der Waals surface area contributed by atoms with Crippen LogP contribution < -0.4 is 5.32 Å². The van der Waals surface area contributed by atoms with Crippen LogP contribution in [0.1, 0.15) is 12.2 Å². The Morgan fingerprint density at radius 1 is 0.963 bits per heavy atom. The number of amides is 1. The van der Waals surface area contributed by atoms with Crippen LogP contribution in [0.25, 0.3) is 0 Å². The number of para-hydroxylation sites is 1. The molecule has 5 nitrogen and oxygen atoms in total. The maximum Gasteiger partial charge on any atom is 0.306 e. The summed E-state index contributed by atoms with van der Waals surface area (Å²) in [6, 6.07) is 21.0. The van der Waals surface area contributed by atoms with Crippen LogP contribution in [0, 0.1) is 0 Å². The first-order valence-electron chi connectivity index (χ1n) is 8.50. The fourth-order valence-corrected chi connectivity index (χ4v) is 3.28. The number of anilines is 1. The number of benzene rings is 2. The van der Waals surface area contributed by atoms with Crippen molar-refractivity contribution in [1.29, 1.82) is 0 Å². The lowest BCUT2D eigenvalue weighted by Gasteiger charge is -2.11. The highest BCUT2D eigenvalue weighted by molar-refractivity contribution is 7.99. The van der Waals surface area contributed by atoms with E-state index >= 15 is 0 Å². The molecule has 0 atom stereocenters. The molecule has 0 spiro atoms. The summed E-state index contributed by atoms with van der Waals surface area (Å²) in [5.41, 5.74) is 0.683. The molecule has 3 rings (SSSR count). The van der Waals surface area contributed by atoms with E-state index in [2.05, 4.69) is 5.32 Å². The Morgan fingerprint density at radius 3 is 2.52 bits per heavy atom. The van der Waals surface area contributed by atoms with E-state index in [0.29, 0.717) is 17.9 Å². The van der Waals surface area contributed by atoms with Gasteiger partial charge in [-0.3, -0.25) is 9.59 Å². The highest BCUT2D eigenvalue weighted by atomic mass is 32.2. The van der Waals surface area contributed by atoms with Gasteiger partial charge in [0.05, 0.1) is 18.4 Å². The van der Waals surface area contributed by atoms with Gasteiger partial charge < -0.3 is 14.5 Å². The zero-order valence-electron chi connectivity index (χ0n) is 14.6. The third-order valence-electron chi connectivity index (χ3n) is 3.65. The predicted molar refractivity (Wildman–Crippen MR) is 104 cm³/mol. The first-order valence-corrected chi connectivity index (χ1v) is 9.32. The molecule has 1 N–H and O–H groups in total. The molecule has 0 aliphatic carbocycles. The molecule has 2 aromatic carbocycles. The van der Waals surface area contributed by atoms with E-state index in [1.807, 2.05) is 54.6 Å². The second-order valence-corrected chi connectivity index (χ2v) is 6.81. The third kappa shape index (κ3) is 6.04. The summed E-state index contributed by atoms with van der Waals surface area (Å²) in [5, 5.41) is 2.80. The van der Waals surface area contributed by atoms with Gasteiger partial charge in [0, 0.05) is 16.2 Å². The van der Waals surface area contributed by atoms with E-state index in [1.54, 1.807) is 30.2 Å². The number of esters is 1. The zero-order valence-corrected chi connectivity index (χ0v) is 15.4. The largest absolute Gasteiger partial charge is 0.469 e. The summed E-state index contributed by atoms with van der Waals surface area (Å²) in [4.78, 5) is 25.9. The summed E-state index contributed by atoms with van der Waals surface area (Å²) >= 11 is 1.55. The predicted octanol–water partition coefficient (Wildman–Crippen LogP) is 4.55. The Bertz CT molecular complexity index is 878. The van der Waals surface area contributed by atoms with Gasteiger partial charge >= 0.3 is 5.97 Å². The van der Waals surface area contributed by atoms with Crippen molar-refractivity contribution in [1.82, 2.24) is 0 Å². The monoisotopic (exact) mass is 381 g/mol. The molecule has 1 heterocycles. The van der Waals surface area contributed by atoms with Crippen LogP contribution in [0.3, 0.4) is 0 Å². The number of carbonyl (C=O) groups excluding carboxylic acids is 2. The Kier molecular flexibility index (Phi) is 6.71. The topological polar surface area (TPSA) is 68.5 Å². The van der Waals surface area contributed by atoms with Crippen LogP contribution in [0.15, 0.2) is 87.2 Å². The van der Waals surface area contributed by atoms with E-state index in [4.69, 9.17) is 9.15 Å². The standard InChI is InChI=1S/C21H19NO4S/c23-20(15-26-21(24)13-12-16-7-6-14-25-16)22-18-10-4-5-11-19(18)27-17-8-2-1-3-9-17/h1-11,14H,12-13,15H2,(H,22,23). The van der Waals surface area contributed by atoms with Crippen molar-refractivity contribution in [2.75, 3.05) is 11.9 Å². The summed E-state index contributed by atoms with van der Waals surface area (Å²) < 4.78 is 10.2. The lowest BCUT2D eigenvalue weighted by molar-refractivity contribution is -0.147. The van der Waals surface area contributed by atoms with E-state index in [9.17, 15) is 9.59 Å². The first kappa shape index (κ1) is 18.8. The Morgan fingerprint density at radius 2 is 1.74 bits per heavy atom. The van der Waals surface area contributed by atoms with Crippen LogP contribution in [0.5, 0.6) is 0 Å². The molecule has 1 amide bonds. The van der Waals surface area contributed by atoms with Crippen molar-refractivity contribution < 1.29 is 18.7 Å². The number of hydrogen-bond donors (Lipinski definition) is 1. The highest BCUT2D eigenvalue weighted by Gasteiger charge is 2.11. The number of furan rings is 1. The van der Waals surface area contributed by atoms with Crippen molar-refractivity contribution in [2.45, 2.75) is 22.6 Å². The average molecular weight is 381 g/mol. The number of ether oxygens (including phenoxy) is 1. The zero-order chi connectivity index (χ0) is 18.9. The Labute approximate surface area is 161 Å². The van der Waals surface area contributed by atoms with Gasteiger partial charge in [0.2, 0.25) is 0 Å². The maximum atomic E-state index is 12.1. The number of aryl methyl sites for hydroxylation is 1.